The van der Waals surface area contributed by atoms with E-state index >= 15 is 8.78 Å². The second-order valence-corrected chi connectivity index (χ2v) is 11.6. The number of benzene rings is 3. The molecule has 0 spiro atoms. The van der Waals surface area contributed by atoms with Crippen LogP contribution in [0.15, 0.2) is 72.8 Å². The van der Waals surface area contributed by atoms with E-state index in [1.165, 1.54) is 32.0 Å². The molecule has 4 rings (SSSR count). The minimum absolute atomic E-state index is 0.00484. The summed E-state index contributed by atoms with van der Waals surface area (Å²) in [5.74, 6) is -6.09. The highest BCUT2D eigenvalue weighted by Crippen LogP contribution is 2.48. The number of amides is 3. The molecule has 0 aliphatic carbocycles. The first-order valence-electron chi connectivity index (χ1n) is 14.1. The van der Waals surface area contributed by atoms with Crippen LogP contribution in [0.3, 0.4) is 0 Å². The Kier molecular flexibility index (Phi) is 9.20. The van der Waals surface area contributed by atoms with Crippen LogP contribution in [0.5, 0.6) is 5.75 Å². The lowest BCUT2D eigenvalue weighted by Gasteiger charge is -2.34. The van der Waals surface area contributed by atoms with Gasteiger partial charge in [0.25, 0.3) is 17.7 Å². The number of nitrogens with zero attached hydrogens (tertiary/aromatic N) is 1. The number of alkyl halides is 2. The second kappa shape index (κ2) is 12.5. The monoisotopic (exact) mass is 593 g/mol. The number of phenols is 1. The highest BCUT2D eigenvalue weighted by molar-refractivity contribution is 5.97. The van der Waals surface area contributed by atoms with Crippen LogP contribution in [0.25, 0.3) is 0 Å². The molecule has 228 valence electrons. The molecule has 1 saturated heterocycles. The zero-order valence-electron chi connectivity index (χ0n) is 24.6. The van der Waals surface area contributed by atoms with Gasteiger partial charge in [0.2, 0.25) is 5.91 Å². The van der Waals surface area contributed by atoms with E-state index in [9.17, 15) is 24.6 Å². The highest BCUT2D eigenvalue weighted by atomic mass is 19.3. The summed E-state index contributed by atoms with van der Waals surface area (Å²) in [6.45, 7) is 4.85. The van der Waals surface area contributed by atoms with E-state index in [0.29, 0.717) is 11.1 Å². The van der Waals surface area contributed by atoms with E-state index in [1.807, 2.05) is 25.1 Å². The minimum Gasteiger partial charge on any atom is -0.508 e. The van der Waals surface area contributed by atoms with E-state index in [1.54, 1.807) is 43.3 Å². The summed E-state index contributed by atoms with van der Waals surface area (Å²) in [6.07, 6.45) is -1.96. The Morgan fingerprint density at radius 3 is 2.30 bits per heavy atom. The molecule has 43 heavy (non-hydrogen) atoms. The molecule has 0 radical (unpaired) electrons. The van der Waals surface area contributed by atoms with Crippen molar-refractivity contribution in [3.8, 4) is 5.75 Å². The number of halogens is 2. The van der Waals surface area contributed by atoms with Crippen molar-refractivity contribution in [3.05, 3.63) is 101 Å². The zero-order valence-corrected chi connectivity index (χ0v) is 24.6. The quantitative estimate of drug-likeness (QED) is 0.300. The molecule has 3 unspecified atom stereocenters. The Labute approximate surface area is 249 Å². The van der Waals surface area contributed by atoms with E-state index in [2.05, 4.69) is 10.6 Å². The van der Waals surface area contributed by atoms with Gasteiger partial charge in [-0.2, -0.15) is 0 Å². The maximum Gasteiger partial charge on any atom is 0.272 e. The average molecular weight is 594 g/mol. The Bertz CT molecular complexity index is 1490. The van der Waals surface area contributed by atoms with E-state index in [4.69, 9.17) is 0 Å². The summed E-state index contributed by atoms with van der Waals surface area (Å²) in [7, 11) is 0. The fourth-order valence-corrected chi connectivity index (χ4v) is 5.43. The van der Waals surface area contributed by atoms with E-state index in [0.717, 1.165) is 16.0 Å². The number of rotatable bonds is 9. The van der Waals surface area contributed by atoms with Crippen molar-refractivity contribution >= 4 is 17.7 Å². The van der Waals surface area contributed by atoms with Gasteiger partial charge in [0.1, 0.15) is 11.8 Å². The number of hydrogen-bond donors (Lipinski definition) is 4. The molecule has 1 fully saturated rings. The molecule has 3 aromatic carbocycles. The number of hydrogen-bond acceptors (Lipinski definition) is 5. The molecule has 0 saturated carbocycles. The van der Waals surface area contributed by atoms with Crippen molar-refractivity contribution in [2.24, 2.45) is 5.41 Å². The lowest BCUT2D eigenvalue weighted by Crippen LogP contribution is -2.57. The Balaban J connectivity index is 1.62. The fraction of sp³-hybridized carbons (Fsp3) is 0.364. The summed E-state index contributed by atoms with van der Waals surface area (Å²) in [5, 5.41) is 26.8. The Morgan fingerprint density at radius 1 is 0.977 bits per heavy atom. The third-order valence-electron chi connectivity index (χ3n) is 8.35. The van der Waals surface area contributed by atoms with Crippen molar-refractivity contribution in [2.45, 2.75) is 64.8 Å². The summed E-state index contributed by atoms with van der Waals surface area (Å²) in [4.78, 5) is 41.2. The van der Waals surface area contributed by atoms with Crippen LogP contribution >= 0.6 is 0 Å². The van der Waals surface area contributed by atoms with Crippen LogP contribution in [0.4, 0.5) is 8.78 Å². The van der Waals surface area contributed by atoms with Gasteiger partial charge in [0.05, 0.1) is 18.0 Å². The second-order valence-electron chi connectivity index (χ2n) is 11.6. The smallest absolute Gasteiger partial charge is 0.272 e. The standard InChI is InChI=1S/C33H37F2N3O5/c1-20-11-8-9-14-23(20)18-36-30(42)28-32(3,4)33(34,35)19-38(28)31(43)27(40)25(17-22-12-6-5-7-13-22)37-29(41)24-15-10-16-26(39)21(24)2/h5-16,25,27-28,39-40H,17-19H2,1-4H3,(H,36,42)(H,37,41). The predicted octanol–water partition coefficient (Wildman–Crippen LogP) is 3.90. The average Bonchev–Trinajstić information content (AvgIpc) is 3.16. The molecular formula is C33H37F2N3O5. The molecule has 3 amide bonds. The molecule has 3 atom stereocenters. The number of aliphatic hydroxyl groups is 1. The third kappa shape index (κ3) is 6.54. The molecule has 0 bridgehead atoms. The van der Waals surface area contributed by atoms with Crippen molar-refractivity contribution in [1.29, 1.82) is 0 Å². The van der Waals surface area contributed by atoms with Gasteiger partial charge in [-0.15, -0.1) is 0 Å². The van der Waals surface area contributed by atoms with E-state index < -0.39 is 53.8 Å². The molecule has 1 heterocycles. The Morgan fingerprint density at radius 2 is 1.63 bits per heavy atom. The SMILES string of the molecule is Cc1ccccc1CNC(=O)C1N(C(=O)C(O)C(Cc2ccccc2)NC(=O)c2cccc(O)c2C)CC(F)(F)C1(C)C. The lowest BCUT2D eigenvalue weighted by atomic mass is 9.81. The number of aryl methyl sites for hydroxylation is 1. The number of carbonyl (C=O) groups excluding carboxylic acids is 3. The Hall–Kier alpha value is -4.31. The van der Waals surface area contributed by atoms with Crippen molar-refractivity contribution in [1.82, 2.24) is 15.5 Å². The van der Waals surface area contributed by atoms with Gasteiger partial charge in [-0.25, -0.2) is 8.78 Å². The van der Waals surface area contributed by atoms with Crippen LogP contribution in [0, 0.1) is 19.3 Å². The fourth-order valence-electron chi connectivity index (χ4n) is 5.43. The number of likely N-dealkylation sites (tertiary alicyclic amines) is 1. The maximum absolute atomic E-state index is 15.3. The molecular weight excluding hydrogens is 556 g/mol. The van der Waals surface area contributed by atoms with Gasteiger partial charge in [-0.1, -0.05) is 74.5 Å². The lowest BCUT2D eigenvalue weighted by molar-refractivity contribution is -0.148. The van der Waals surface area contributed by atoms with Gasteiger partial charge >= 0.3 is 0 Å². The summed E-state index contributed by atoms with van der Waals surface area (Å²) < 4.78 is 30.7. The van der Waals surface area contributed by atoms with Crippen molar-refractivity contribution < 1.29 is 33.4 Å². The van der Waals surface area contributed by atoms with Gasteiger partial charge in [0.15, 0.2) is 6.10 Å². The molecule has 10 heteroatoms. The van der Waals surface area contributed by atoms with Gasteiger partial charge in [-0.05, 0) is 49.1 Å². The van der Waals surface area contributed by atoms with Crippen molar-refractivity contribution in [2.75, 3.05) is 6.54 Å². The maximum atomic E-state index is 15.3. The largest absolute Gasteiger partial charge is 0.508 e. The molecule has 1 aliphatic heterocycles. The molecule has 4 N–H and O–H groups in total. The predicted molar refractivity (Wildman–Crippen MR) is 158 cm³/mol. The van der Waals surface area contributed by atoms with Crippen LogP contribution in [0.1, 0.15) is 46.5 Å². The minimum atomic E-state index is -3.44. The molecule has 0 aromatic heterocycles. The van der Waals surface area contributed by atoms with Crippen LogP contribution in [-0.2, 0) is 22.6 Å². The molecule has 1 aliphatic rings. The third-order valence-corrected chi connectivity index (χ3v) is 8.35. The van der Waals surface area contributed by atoms with Crippen LogP contribution < -0.4 is 10.6 Å². The van der Waals surface area contributed by atoms with Gasteiger partial charge < -0.3 is 25.7 Å². The normalized spacial score (nSPS) is 18.5. The summed E-state index contributed by atoms with van der Waals surface area (Å²) in [5.41, 5.74) is 0.847. The number of phenolic OH excluding ortho intramolecular Hbond substituents is 1. The van der Waals surface area contributed by atoms with Crippen LogP contribution in [0.2, 0.25) is 0 Å². The zero-order chi connectivity index (χ0) is 31.5. The topological polar surface area (TPSA) is 119 Å². The number of nitrogens with one attached hydrogen (secondary N) is 2. The van der Waals surface area contributed by atoms with Gasteiger partial charge in [0, 0.05) is 17.7 Å². The first-order valence-corrected chi connectivity index (χ1v) is 14.1. The van der Waals surface area contributed by atoms with Crippen LogP contribution in [-0.4, -0.2) is 63.5 Å². The first kappa shape index (κ1) is 31.6. The van der Waals surface area contributed by atoms with Crippen molar-refractivity contribution in [3.63, 3.8) is 0 Å². The number of aliphatic hydroxyl groups excluding tert-OH is 1. The molecule has 3 aromatic rings. The molecule has 8 nitrogen and oxygen atoms in total. The van der Waals surface area contributed by atoms with E-state index in [-0.39, 0.29) is 24.3 Å². The summed E-state index contributed by atoms with van der Waals surface area (Å²) in [6, 6.07) is 17.6. The number of aromatic hydroxyl groups is 1. The van der Waals surface area contributed by atoms with Gasteiger partial charge in [-0.3, -0.25) is 14.4 Å². The number of carbonyl (C=O) groups is 3. The summed E-state index contributed by atoms with van der Waals surface area (Å²) >= 11 is 0. The first-order chi connectivity index (χ1) is 20.2. The highest BCUT2D eigenvalue weighted by Gasteiger charge is 2.64.